The van der Waals surface area contributed by atoms with Crippen LogP contribution in [0, 0.1) is 0 Å². The maximum absolute atomic E-state index is 12.2. The van der Waals surface area contributed by atoms with E-state index in [0.29, 0.717) is 6.42 Å². The summed E-state index contributed by atoms with van der Waals surface area (Å²) in [6, 6.07) is 0. The predicted molar refractivity (Wildman–Crippen MR) is 65.0 cm³/mol. The molecule has 5 heteroatoms. The molecule has 1 N–H and O–H groups in total. The summed E-state index contributed by atoms with van der Waals surface area (Å²) >= 11 is 0. The third kappa shape index (κ3) is 2.49. The number of amides is 1. The Morgan fingerprint density at radius 1 is 1.28 bits per heavy atom. The largest absolute Gasteiger partial charge is 0.458 e. The Bertz CT molecular complexity index is 427. The van der Waals surface area contributed by atoms with Gasteiger partial charge in [0, 0.05) is 6.42 Å². The molecule has 2 aliphatic rings. The van der Waals surface area contributed by atoms with Crippen molar-refractivity contribution in [2.24, 2.45) is 0 Å². The van der Waals surface area contributed by atoms with Gasteiger partial charge in [0.2, 0.25) is 0 Å². The molecule has 0 radical (unpaired) electrons. The molecule has 1 unspecified atom stereocenters. The van der Waals surface area contributed by atoms with E-state index in [1.807, 2.05) is 20.8 Å². The standard InChI is InChI=1S/C13H19NO4/c1-12(2,3)18-10(15)13(14-11(16)17-4)7-9(13)8-5-6-8/h5-7H2,1-4H3,(H,14,16). The van der Waals surface area contributed by atoms with Gasteiger partial charge in [0.25, 0.3) is 0 Å². The fraction of sp³-hybridized carbons (Fsp3) is 0.692. The van der Waals surface area contributed by atoms with Gasteiger partial charge in [0.1, 0.15) is 5.60 Å². The first-order chi connectivity index (χ1) is 8.28. The van der Waals surface area contributed by atoms with Crippen LogP contribution in [-0.4, -0.2) is 30.3 Å². The van der Waals surface area contributed by atoms with Crippen LogP contribution >= 0.6 is 0 Å². The van der Waals surface area contributed by atoms with E-state index in [9.17, 15) is 9.59 Å². The number of rotatable bonds is 2. The number of allylic oxidation sites excluding steroid dienone is 1. The number of methoxy groups -OCH3 is 1. The molecule has 100 valence electrons. The van der Waals surface area contributed by atoms with E-state index in [2.05, 4.69) is 10.1 Å². The van der Waals surface area contributed by atoms with Crippen LogP contribution in [0.2, 0.25) is 0 Å². The number of esters is 1. The Labute approximate surface area is 107 Å². The van der Waals surface area contributed by atoms with E-state index in [1.165, 1.54) is 12.7 Å². The van der Waals surface area contributed by atoms with Gasteiger partial charge in [-0.1, -0.05) is 5.57 Å². The van der Waals surface area contributed by atoms with E-state index < -0.39 is 23.2 Å². The molecular weight excluding hydrogens is 234 g/mol. The van der Waals surface area contributed by atoms with Crippen molar-refractivity contribution in [1.29, 1.82) is 0 Å². The highest BCUT2D eigenvalue weighted by atomic mass is 16.6. The first-order valence-corrected chi connectivity index (χ1v) is 6.09. The Morgan fingerprint density at radius 3 is 2.33 bits per heavy atom. The molecule has 0 saturated heterocycles. The van der Waals surface area contributed by atoms with Crippen LogP contribution in [0.1, 0.15) is 40.0 Å². The molecule has 2 aliphatic carbocycles. The molecule has 1 atom stereocenters. The van der Waals surface area contributed by atoms with Crippen molar-refractivity contribution in [3.05, 3.63) is 11.1 Å². The number of ether oxygens (including phenoxy) is 2. The van der Waals surface area contributed by atoms with Crippen molar-refractivity contribution in [3.63, 3.8) is 0 Å². The summed E-state index contributed by atoms with van der Waals surface area (Å²) < 4.78 is 9.95. The number of nitrogens with one attached hydrogen (secondary N) is 1. The SMILES string of the molecule is COC(=O)NC1(C(=O)OC(C)(C)C)CC1=C1CC1. The normalized spacial score (nSPS) is 25.6. The van der Waals surface area contributed by atoms with Gasteiger partial charge >= 0.3 is 12.1 Å². The van der Waals surface area contributed by atoms with Gasteiger partial charge in [-0.3, -0.25) is 0 Å². The number of hydrogen-bond acceptors (Lipinski definition) is 4. The van der Waals surface area contributed by atoms with E-state index in [1.54, 1.807) is 0 Å². The number of hydrogen-bond donors (Lipinski definition) is 1. The molecule has 1 amide bonds. The van der Waals surface area contributed by atoms with Crippen molar-refractivity contribution in [2.45, 2.75) is 51.2 Å². The number of alkyl carbamates (subject to hydrolysis) is 1. The molecule has 0 bridgehead atoms. The summed E-state index contributed by atoms with van der Waals surface area (Å²) in [6.07, 6.45) is 1.98. The van der Waals surface area contributed by atoms with E-state index in [0.717, 1.165) is 18.4 Å². The zero-order valence-corrected chi connectivity index (χ0v) is 11.3. The summed E-state index contributed by atoms with van der Waals surface area (Å²) in [6.45, 7) is 5.43. The molecule has 18 heavy (non-hydrogen) atoms. The Kier molecular flexibility index (Phi) is 2.87. The lowest BCUT2D eigenvalue weighted by molar-refractivity contribution is -0.158. The van der Waals surface area contributed by atoms with E-state index in [-0.39, 0.29) is 0 Å². The third-order valence-electron chi connectivity index (χ3n) is 3.01. The minimum absolute atomic E-state index is 0.394. The first-order valence-electron chi connectivity index (χ1n) is 6.09. The smallest absolute Gasteiger partial charge is 0.408 e. The summed E-state index contributed by atoms with van der Waals surface area (Å²) in [5.41, 5.74) is 0.732. The number of carbonyl (C=O) groups excluding carboxylic acids is 2. The maximum atomic E-state index is 12.2. The van der Waals surface area contributed by atoms with Crippen molar-refractivity contribution < 1.29 is 19.1 Å². The molecule has 2 saturated carbocycles. The average molecular weight is 253 g/mol. The molecule has 2 fully saturated rings. The highest BCUT2D eigenvalue weighted by Gasteiger charge is 2.61. The molecule has 0 aromatic rings. The van der Waals surface area contributed by atoms with Crippen LogP contribution in [0.25, 0.3) is 0 Å². The predicted octanol–water partition coefficient (Wildman–Crippen LogP) is 1.92. The molecule has 0 aromatic heterocycles. The minimum atomic E-state index is -0.966. The highest BCUT2D eigenvalue weighted by molar-refractivity contribution is 5.96. The maximum Gasteiger partial charge on any atom is 0.408 e. The molecule has 0 aromatic carbocycles. The lowest BCUT2D eigenvalue weighted by atomic mass is 10.1. The van der Waals surface area contributed by atoms with Gasteiger partial charge in [0.15, 0.2) is 5.54 Å². The van der Waals surface area contributed by atoms with E-state index >= 15 is 0 Å². The summed E-state index contributed by atoms with van der Waals surface area (Å²) in [5.74, 6) is -0.394. The van der Waals surface area contributed by atoms with Crippen LogP contribution in [0.4, 0.5) is 4.79 Å². The van der Waals surface area contributed by atoms with Gasteiger partial charge in [-0.05, 0) is 39.2 Å². The lowest BCUT2D eigenvalue weighted by Gasteiger charge is -2.24. The van der Waals surface area contributed by atoms with Crippen molar-refractivity contribution >= 4 is 12.1 Å². The highest BCUT2D eigenvalue weighted by Crippen LogP contribution is 2.52. The van der Waals surface area contributed by atoms with Gasteiger partial charge in [0.05, 0.1) is 7.11 Å². The Morgan fingerprint density at radius 2 is 1.89 bits per heavy atom. The van der Waals surface area contributed by atoms with Gasteiger partial charge < -0.3 is 14.8 Å². The van der Waals surface area contributed by atoms with Crippen LogP contribution in [0.3, 0.4) is 0 Å². The van der Waals surface area contributed by atoms with Crippen LogP contribution in [0.15, 0.2) is 11.1 Å². The quantitative estimate of drug-likeness (QED) is 0.603. The fourth-order valence-electron chi connectivity index (χ4n) is 1.97. The second-order valence-corrected chi connectivity index (χ2v) is 5.78. The van der Waals surface area contributed by atoms with Gasteiger partial charge in [-0.15, -0.1) is 0 Å². The van der Waals surface area contributed by atoms with E-state index in [4.69, 9.17) is 4.74 Å². The van der Waals surface area contributed by atoms with Crippen molar-refractivity contribution in [1.82, 2.24) is 5.32 Å². The van der Waals surface area contributed by atoms with Crippen molar-refractivity contribution in [2.75, 3.05) is 7.11 Å². The number of carbonyl (C=O) groups is 2. The molecule has 2 rings (SSSR count). The monoisotopic (exact) mass is 253 g/mol. The minimum Gasteiger partial charge on any atom is -0.458 e. The zero-order valence-electron chi connectivity index (χ0n) is 11.3. The topological polar surface area (TPSA) is 64.6 Å². The summed E-state index contributed by atoms with van der Waals surface area (Å²) in [7, 11) is 1.28. The Balaban J connectivity index is 2.15. The molecule has 0 heterocycles. The molecule has 0 aliphatic heterocycles. The van der Waals surface area contributed by atoms with Crippen LogP contribution in [0.5, 0.6) is 0 Å². The first kappa shape index (κ1) is 12.9. The van der Waals surface area contributed by atoms with Crippen LogP contribution in [-0.2, 0) is 14.3 Å². The molecule has 5 nitrogen and oxygen atoms in total. The molecular formula is C13H19NO4. The van der Waals surface area contributed by atoms with Crippen molar-refractivity contribution in [3.8, 4) is 0 Å². The van der Waals surface area contributed by atoms with Gasteiger partial charge in [-0.25, -0.2) is 9.59 Å². The second-order valence-electron chi connectivity index (χ2n) is 5.78. The average Bonchev–Trinajstić information content (AvgIpc) is 3.08. The lowest BCUT2D eigenvalue weighted by Crippen LogP contribution is -2.46. The summed E-state index contributed by atoms with van der Waals surface area (Å²) in [4.78, 5) is 23.6. The third-order valence-corrected chi connectivity index (χ3v) is 3.01. The zero-order chi connectivity index (χ0) is 13.6. The van der Waals surface area contributed by atoms with Gasteiger partial charge in [-0.2, -0.15) is 0 Å². The second kappa shape index (κ2) is 4.00. The summed E-state index contributed by atoms with van der Waals surface area (Å²) in [5, 5.41) is 2.62. The Hall–Kier alpha value is -1.52. The van der Waals surface area contributed by atoms with Crippen LogP contribution < -0.4 is 5.32 Å². The molecule has 0 spiro atoms. The fourth-order valence-corrected chi connectivity index (χ4v) is 1.97.